The molecule has 0 saturated carbocycles. The SMILES string of the molecule is CCCOCCC(COC(C)C)NN. The van der Waals surface area contributed by atoms with Gasteiger partial charge in [-0.3, -0.25) is 11.3 Å². The molecule has 4 nitrogen and oxygen atoms in total. The van der Waals surface area contributed by atoms with Crippen molar-refractivity contribution in [1.29, 1.82) is 0 Å². The van der Waals surface area contributed by atoms with Gasteiger partial charge in [-0.1, -0.05) is 6.92 Å². The molecule has 0 bridgehead atoms. The van der Waals surface area contributed by atoms with Crippen molar-refractivity contribution >= 4 is 0 Å². The molecule has 0 heterocycles. The van der Waals surface area contributed by atoms with Gasteiger partial charge >= 0.3 is 0 Å². The lowest BCUT2D eigenvalue weighted by atomic mass is 10.2. The number of hydrogen-bond donors (Lipinski definition) is 2. The maximum atomic E-state index is 5.45. The van der Waals surface area contributed by atoms with Crippen molar-refractivity contribution < 1.29 is 9.47 Å². The highest BCUT2D eigenvalue weighted by Gasteiger charge is 2.07. The third kappa shape index (κ3) is 8.44. The van der Waals surface area contributed by atoms with Crippen LogP contribution in [0.1, 0.15) is 33.6 Å². The Labute approximate surface area is 87.1 Å². The van der Waals surface area contributed by atoms with Gasteiger partial charge < -0.3 is 9.47 Å². The van der Waals surface area contributed by atoms with E-state index in [4.69, 9.17) is 15.3 Å². The lowest BCUT2D eigenvalue weighted by Crippen LogP contribution is -2.40. The molecule has 1 atom stereocenters. The third-order valence-corrected chi connectivity index (χ3v) is 1.83. The van der Waals surface area contributed by atoms with E-state index in [0.29, 0.717) is 6.61 Å². The van der Waals surface area contributed by atoms with Crippen LogP contribution in [-0.2, 0) is 9.47 Å². The van der Waals surface area contributed by atoms with Gasteiger partial charge in [0.1, 0.15) is 0 Å². The van der Waals surface area contributed by atoms with E-state index < -0.39 is 0 Å². The molecule has 4 heteroatoms. The van der Waals surface area contributed by atoms with Gasteiger partial charge in [-0.05, 0) is 26.7 Å². The van der Waals surface area contributed by atoms with Gasteiger partial charge in [0.15, 0.2) is 0 Å². The molecular weight excluding hydrogens is 180 g/mol. The molecule has 0 saturated heterocycles. The van der Waals surface area contributed by atoms with Crippen LogP contribution in [0.15, 0.2) is 0 Å². The number of ether oxygens (including phenoxy) is 2. The molecule has 0 aromatic rings. The van der Waals surface area contributed by atoms with E-state index in [1.807, 2.05) is 13.8 Å². The Kier molecular flexibility index (Phi) is 9.29. The van der Waals surface area contributed by atoms with Gasteiger partial charge in [0.05, 0.1) is 12.7 Å². The summed E-state index contributed by atoms with van der Waals surface area (Å²) in [6.07, 6.45) is 2.20. The zero-order valence-corrected chi connectivity index (χ0v) is 9.58. The van der Waals surface area contributed by atoms with Gasteiger partial charge in [0.25, 0.3) is 0 Å². The number of hydrazine groups is 1. The molecular formula is C10H24N2O2. The van der Waals surface area contributed by atoms with E-state index in [0.717, 1.165) is 26.1 Å². The Morgan fingerprint density at radius 1 is 1.29 bits per heavy atom. The normalized spacial score (nSPS) is 13.5. The van der Waals surface area contributed by atoms with E-state index in [-0.39, 0.29) is 12.1 Å². The fourth-order valence-electron chi connectivity index (χ4n) is 0.995. The number of rotatable bonds is 9. The van der Waals surface area contributed by atoms with Crippen LogP contribution >= 0.6 is 0 Å². The molecule has 0 aromatic heterocycles. The summed E-state index contributed by atoms with van der Waals surface area (Å²) in [4.78, 5) is 0. The molecule has 0 aliphatic rings. The van der Waals surface area contributed by atoms with Crippen LogP contribution in [0.5, 0.6) is 0 Å². The Morgan fingerprint density at radius 3 is 2.50 bits per heavy atom. The summed E-state index contributed by atoms with van der Waals surface area (Å²) in [5.74, 6) is 5.39. The fraction of sp³-hybridized carbons (Fsp3) is 1.00. The molecule has 1 unspecified atom stereocenters. The first-order valence-corrected chi connectivity index (χ1v) is 5.36. The molecule has 0 aliphatic carbocycles. The van der Waals surface area contributed by atoms with Crippen LogP contribution in [0.3, 0.4) is 0 Å². The summed E-state index contributed by atoms with van der Waals surface area (Å²) >= 11 is 0. The molecule has 0 aromatic carbocycles. The predicted molar refractivity (Wildman–Crippen MR) is 57.9 cm³/mol. The van der Waals surface area contributed by atoms with E-state index >= 15 is 0 Å². The molecule has 86 valence electrons. The van der Waals surface area contributed by atoms with Gasteiger partial charge in [-0.2, -0.15) is 0 Å². The second-order valence-corrected chi connectivity index (χ2v) is 3.65. The minimum absolute atomic E-state index is 0.189. The smallest absolute Gasteiger partial charge is 0.0637 e. The van der Waals surface area contributed by atoms with E-state index in [1.54, 1.807) is 0 Å². The van der Waals surface area contributed by atoms with Crippen molar-refractivity contribution in [3.05, 3.63) is 0 Å². The van der Waals surface area contributed by atoms with Crippen molar-refractivity contribution in [3.8, 4) is 0 Å². The molecule has 0 radical (unpaired) electrons. The van der Waals surface area contributed by atoms with Crippen LogP contribution in [0.25, 0.3) is 0 Å². The first kappa shape index (κ1) is 13.8. The van der Waals surface area contributed by atoms with E-state index in [2.05, 4.69) is 12.3 Å². The topological polar surface area (TPSA) is 56.5 Å². The summed E-state index contributed by atoms with van der Waals surface area (Å²) in [6, 6.07) is 0.189. The number of nitrogens with one attached hydrogen (secondary N) is 1. The first-order chi connectivity index (χ1) is 6.70. The fourth-order valence-corrected chi connectivity index (χ4v) is 0.995. The Balaban J connectivity index is 3.38. The molecule has 0 rings (SSSR count). The largest absolute Gasteiger partial charge is 0.381 e. The first-order valence-electron chi connectivity index (χ1n) is 5.36. The lowest BCUT2D eigenvalue weighted by Gasteiger charge is -2.17. The van der Waals surface area contributed by atoms with Gasteiger partial charge in [-0.25, -0.2) is 0 Å². The second kappa shape index (κ2) is 9.40. The quantitative estimate of drug-likeness (QED) is 0.335. The standard InChI is InChI=1S/C10H24N2O2/c1-4-6-13-7-5-10(12-11)8-14-9(2)3/h9-10,12H,4-8,11H2,1-3H3. The highest BCUT2D eigenvalue weighted by atomic mass is 16.5. The van der Waals surface area contributed by atoms with Crippen LogP contribution in [0.2, 0.25) is 0 Å². The highest BCUT2D eigenvalue weighted by Crippen LogP contribution is 1.96. The molecule has 0 amide bonds. The molecule has 0 spiro atoms. The maximum Gasteiger partial charge on any atom is 0.0637 e. The zero-order valence-electron chi connectivity index (χ0n) is 9.58. The minimum atomic E-state index is 0.189. The van der Waals surface area contributed by atoms with E-state index in [9.17, 15) is 0 Å². The van der Waals surface area contributed by atoms with Gasteiger partial charge in [0.2, 0.25) is 0 Å². The zero-order chi connectivity index (χ0) is 10.8. The van der Waals surface area contributed by atoms with Crippen molar-refractivity contribution in [3.63, 3.8) is 0 Å². The summed E-state index contributed by atoms with van der Waals surface area (Å²) in [5, 5.41) is 0. The Morgan fingerprint density at radius 2 is 2.00 bits per heavy atom. The molecule has 0 fully saturated rings. The molecule has 14 heavy (non-hydrogen) atoms. The average Bonchev–Trinajstić information content (AvgIpc) is 2.16. The Bertz CT molecular complexity index is 121. The third-order valence-electron chi connectivity index (χ3n) is 1.83. The summed E-state index contributed by atoms with van der Waals surface area (Å²) in [6.45, 7) is 8.33. The number of hydrogen-bond acceptors (Lipinski definition) is 4. The van der Waals surface area contributed by atoms with Crippen LogP contribution in [0.4, 0.5) is 0 Å². The summed E-state index contributed by atoms with van der Waals surface area (Å²) in [7, 11) is 0. The van der Waals surface area contributed by atoms with Crippen molar-refractivity contribution in [2.45, 2.75) is 45.8 Å². The number of nitrogens with two attached hydrogens (primary N) is 1. The summed E-state index contributed by atoms with van der Waals surface area (Å²) in [5.41, 5.74) is 2.73. The Hall–Kier alpha value is -0.160. The maximum absolute atomic E-state index is 5.45. The van der Waals surface area contributed by atoms with Crippen molar-refractivity contribution in [2.24, 2.45) is 5.84 Å². The molecule has 0 aliphatic heterocycles. The average molecular weight is 204 g/mol. The van der Waals surface area contributed by atoms with Gasteiger partial charge in [-0.15, -0.1) is 0 Å². The predicted octanol–water partition coefficient (Wildman–Crippen LogP) is 1.06. The van der Waals surface area contributed by atoms with Crippen LogP contribution in [-0.4, -0.2) is 32.0 Å². The van der Waals surface area contributed by atoms with Gasteiger partial charge in [0, 0.05) is 19.3 Å². The van der Waals surface area contributed by atoms with E-state index in [1.165, 1.54) is 0 Å². The highest BCUT2D eigenvalue weighted by molar-refractivity contribution is 4.62. The minimum Gasteiger partial charge on any atom is -0.381 e. The van der Waals surface area contributed by atoms with Crippen molar-refractivity contribution in [2.75, 3.05) is 19.8 Å². The lowest BCUT2D eigenvalue weighted by molar-refractivity contribution is 0.0484. The summed E-state index contributed by atoms with van der Waals surface area (Å²) < 4.78 is 10.8. The van der Waals surface area contributed by atoms with Crippen LogP contribution in [0, 0.1) is 0 Å². The monoisotopic (exact) mass is 204 g/mol. The van der Waals surface area contributed by atoms with Crippen LogP contribution < -0.4 is 11.3 Å². The second-order valence-electron chi connectivity index (χ2n) is 3.65. The van der Waals surface area contributed by atoms with Crippen molar-refractivity contribution in [1.82, 2.24) is 5.43 Å². The molecule has 3 N–H and O–H groups in total.